The van der Waals surface area contributed by atoms with Crippen molar-refractivity contribution in [3.63, 3.8) is 0 Å². The number of anilines is 2. The summed E-state index contributed by atoms with van der Waals surface area (Å²) in [5.41, 5.74) is 1.67. The number of carbonyl (C=O) groups is 1. The molecule has 0 aliphatic heterocycles. The molecule has 0 bridgehead atoms. The number of benzene rings is 3. The van der Waals surface area contributed by atoms with Crippen LogP contribution in [0.15, 0.2) is 71.6 Å². The van der Waals surface area contributed by atoms with E-state index < -0.39 is 20.7 Å². The Labute approximate surface area is 168 Å². The number of carbonyl (C=O) groups excluding carboxylic acids is 1. The molecule has 0 aliphatic rings. The summed E-state index contributed by atoms with van der Waals surface area (Å²) in [6.45, 7) is 1.71. The number of rotatable bonds is 6. The minimum absolute atomic E-state index is 0.131. The Balaban J connectivity index is 1.91. The fourth-order valence-corrected chi connectivity index (χ4v) is 3.86. The van der Waals surface area contributed by atoms with Gasteiger partial charge in [-0.15, -0.1) is 0 Å². The molecular formula is C21H19FN2O4S. The van der Waals surface area contributed by atoms with Gasteiger partial charge in [0.05, 0.1) is 12.8 Å². The van der Waals surface area contributed by atoms with Gasteiger partial charge >= 0.3 is 0 Å². The van der Waals surface area contributed by atoms with Crippen molar-refractivity contribution >= 4 is 27.3 Å². The highest BCUT2D eigenvalue weighted by atomic mass is 32.2. The van der Waals surface area contributed by atoms with Crippen LogP contribution >= 0.6 is 0 Å². The molecule has 0 heterocycles. The molecule has 6 nitrogen and oxygen atoms in total. The second-order valence-corrected chi connectivity index (χ2v) is 7.87. The second-order valence-electron chi connectivity index (χ2n) is 6.22. The molecule has 0 unspecified atom stereocenters. The molecule has 0 saturated heterocycles. The van der Waals surface area contributed by atoms with Crippen LogP contribution in [0.5, 0.6) is 5.75 Å². The van der Waals surface area contributed by atoms with Crippen molar-refractivity contribution in [3.8, 4) is 5.75 Å². The SMILES string of the molecule is COc1cc(NC(=O)c2ccccc2)c(C)cc1NS(=O)(=O)c1ccccc1F. The molecular weight excluding hydrogens is 395 g/mol. The number of nitrogens with one attached hydrogen (secondary N) is 2. The molecule has 3 aromatic rings. The molecule has 0 radical (unpaired) electrons. The molecule has 0 atom stereocenters. The molecule has 150 valence electrons. The first-order chi connectivity index (χ1) is 13.8. The van der Waals surface area contributed by atoms with Crippen LogP contribution in [0, 0.1) is 12.7 Å². The Morgan fingerprint density at radius 3 is 2.28 bits per heavy atom. The summed E-state index contributed by atoms with van der Waals surface area (Å²) < 4.78 is 46.7. The topological polar surface area (TPSA) is 84.5 Å². The van der Waals surface area contributed by atoms with Crippen LogP contribution in [0.3, 0.4) is 0 Å². The van der Waals surface area contributed by atoms with E-state index in [-0.39, 0.29) is 17.3 Å². The maximum Gasteiger partial charge on any atom is 0.264 e. The molecule has 0 saturated carbocycles. The van der Waals surface area contributed by atoms with Crippen LogP contribution in [0.25, 0.3) is 0 Å². The Hall–Kier alpha value is -3.39. The molecule has 3 aromatic carbocycles. The fraction of sp³-hybridized carbons (Fsp3) is 0.0952. The number of amides is 1. The third kappa shape index (κ3) is 4.55. The highest BCUT2D eigenvalue weighted by Crippen LogP contribution is 2.33. The van der Waals surface area contributed by atoms with Crippen LogP contribution in [-0.2, 0) is 10.0 Å². The molecule has 0 fully saturated rings. The monoisotopic (exact) mass is 414 g/mol. The van der Waals surface area contributed by atoms with Gasteiger partial charge in [0.1, 0.15) is 16.5 Å². The van der Waals surface area contributed by atoms with Gasteiger partial charge in [-0.25, -0.2) is 12.8 Å². The van der Waals surface area contributed by atoms with Crippen molar-refractivity contribution < 1.29 is 22.3 Å². The van der Waals surface area contributed by atoms with Gasteiger partial charge in [0, 0.05) is 17.3 Å². The van der Waals surface area contributed by atoms with Gasteiger partial charge in [-0.3, -0.25) is 9.52 Å². The predicted octanol–water partition coefficient (Wildman–Crippen LogP) is 4.20. The van der Waals surface area contributed by atoms with Gasteiger partial charge in [-0.2, -0.15) is 0 Å². The van der Waals surface area contributed by atoms with Gasteiger partial charge in [0.25, 0.3) is 15.9 Å². The van der Waals surface area contributed by atoms with Crippen molar-refractivity contribution in [1.82, 2.24) is 0 Å². The number of halogens is 1. The van der Waals surface area contributed by atoms with E-state index in [9.17, 15) is 17.6 Å². The maximum absolute atomic E-state index is 13.9. The first-order valence-electron chi connectivity index (χ1n) is 8.64. The number of hydrogen-bond donors (Lipinski definition) is 2. The van der Waals surface area contributed by atoms with Crippen LogP contribution in [-0.4, -0.2) is 21.4 Å². The van der Waals surface area contributed by atoms with Crippen LogP contribution in [0.4, 0.5) is 15.8 Å². The van der Waals surface area contributed by atoms with Gasteiger partial charge in [-0.1, -0.05) is 30.3 Å². The smallest absolute Gasteiger partial charge is 0.264 e. The second kappa shape index (κ2) is 8.32. The number of sulfonamides is 1. The normalized spacial score (nSPS) is 11.0. The molecule has 0 aliphatic carbocycles. The van der Waals surface area contributed by atoms with E-state index in [4.69, 9.17) is 4.74 Å². The minimum Gasteiger partial charge on any atom is -0.494 e. The van der Waals surface area contributed by atoms with Crippen LogP contribution in [0.2, 0.25) is 0 Å². The fourth-order valence-electron chi connectivity index (χ4n) is 2.72. The zero-order chi connectivity index (χ0) is 21.0. The third-order valence-electron chi connectivity index (χ3n) is 4.20. The lowest BCUT2D eigenvalue weighted by Crippen LogP contribution is -2.16. The number of ether oxygens (including phenoxy) is 1. The van der Waals surface area contributed by atoms with Gasteiger partial charge < -0.3 is 10.1 Å². The number of hydrogen-bond acceptors (Lipinski definition) is 4. The summed E-state index contributed by atoms with van der Waals surface area (Å²) in [5.74, 6) is -0.989. The van der Waals surface area contributed by atoms with Crippen molar-refractivity contribution in [2.75, 3.05) is 17.1 Å². The van der Waals surface area contributed by atoms with E-state index in [0.29, 0.717) is 16.8 Å². The maximum atomic E-state index is 13.9. The third-order valence-corrected chi connectivity index (χ3v) is 5.60. The molecule has 3 rings (SSSR count). The lowest BCUT2D eigenvalue weighted by Gasteiger charge is -2.16. The quantitative estimate of drug-likeness (QED) is 0.633. The van der Waals surface area contributed by atoms with E-state index in [1.54, 1.807) is 31.2 Å². The summed E-state index contributed by atoms with van der Waals surface area (Å²) in [5, 5.41) is 2.78. The number of aryl methyl sites for hydroxylation is 1. The molecule has 1 amide bonds. The Morgan fingerprint density at radius 1 is 0.966 bits per heavy atom. The van der Waals surface area contributed by atoms with Crippen molar-refractivity contribution in [2.24, 2.45) is 0 Å². The standard InChI is InChI=1S/C21H19FN2O4S/c1-14-12-18(24-29(26,27)20-11-7-6-10-16(20)22)19(28-2)13-17(14)23-21(25)15-8-4-3-5-9-15/h3-13,24H,1-2H3,(H,23,25). The van der Waals surface area contributed by atoms with E-state index in [0.717, 1.165) is 6.07 Å². The summed E-state index contributed by atoms with van der Waals surface area (Å²) in [4.78, 5) is 11.9. The minimum atomic E-state index is -4.16. The zero-order valence-corrected chi connectivity index (χ0v) is 16.6. The summed E-state index contributed by atoms with van der Waals surface area (Å²) >= 11 is 0. The van der Waals surface area contributed by atoms with Crippen LogP contribution < -0.4 is 14.8 Å². The molecule has 29 heavy (non-hydrogen) atoms. The predicted molar refractivity (Wildman–Crippen MR) is 109 cm³/mol. The van der Waals surface area contributed by atoms with Crippen molar-refractivity contribution in [1.29, 1.82) is 0 Å². The Kier molecular flexibility index (Phi) is 5.84. The first-order valence-corrected chi connectivity index (χ1v) is 10.1. The molecule has 2 N–H and O–H groups in total. The van der Waals surface area contributed by atoms with Crippen LogP contribution in [0.1, 0.15) is 15.9 Å². The van der Waals surface area contributed by atoms with E-state index >= 15 is 0 Å². The molecule has 8 heteroatoms. The average molecular weight is 414 g/mol. The molecule has 0 spiro atoms. The lowest BCUT2D eigenvalue weighted by atomic mass is 10.1. The lowest BCUT2D eigenvalue weighted by molar-refractivity contribution is 0.102. The Morgan fingerprint density at radius 2 is 1.62 bits per heavy atom. The number of methoxy groups -OCH3 is 1. The highest BCUT2D eigenvalue weighted by Gasteiger charge is 2.21. The van der Waals surface area contributed by atoms with Gasteiger partial charge in [-0.05, 0) is 42.8 Å². The molecule has 0 aromatic heterocycles. The van der Waals surface area contributed by atoms with Crippen molar-refractivity contribution in [2.45, 2.75) is 11.8 Å². The first kappa shape index (κ1) is 20.3. The largest absolute Gasteiger partial charge is 0.494 e. The Bertz CT molecular complexity index is 1150. The van der Waals surface area contributed by atoms with Crippen molar-refractivity contribution in [3.05, 3.63) is 83.7 Å². The average Bonchev–Trinajstić information content (AvgIpc) is 2.70. The van der Waals surface area contributed by atoms with E-state index in [1.165, 1.54) is 37.4 Å². The van der Waals surface area contributed by atoms with E-state index in [1.807, 2.05) is 6.07 Å². The zero-order valence-electron chi connectivity index (χ0n) is 15.8. The van der Waals surface area contributed by atoms with Gasteiger partial charge in [0.15, 0.2) is 0 Å². The van der Waals surface area contributed by atoms with Gasteiger partial charge in [0.2, 0.25) is 0 Å². The summed E-state index contributed by atoms with van der Waals surface area (Å²) in [7, 11) is -2.80. The summed E-state index contributed by atoms with van der Waals surface area (Å²) in [6, 6.07) is 16.8. The highest BCUT2D eigenvalue weighted by molar-refractivity contribution is 7.92. The summed E-state index contributed by atoms with van der Waals surface area (Å²) in [6.07, 6.45) is 0. The van der Waals surface area contributed by atoms with E-state index in [2.05, 4.69) is 10.0 Å².